The first-order valence-electron chi connectivity index (χ1n) is 6.25. The molecular weight excluding hydrogens is 265 g/mol. The van der Waals surface area contributed by atoms with Gasteiger partial charge in [0, 0.05) is 6.20 Å². The summed E-state index contributed by atoms with van der Waals surface area (Å²) in [5.74, 6) is 0. The van der Waals surface area contributed by atoms with E-state index in [0.717, 1.165) is 0 Å². The van der Waals surface area contributed by atoms with E-state index in [0.29, 0.717) is 16.9 Å². The smallest absolute Gasteiger partial charge is 0.376 e. The second kappa shape index (κ2) is 5.94. The Morgan fingerprint density at radius 2 is 1.80 bits per heavy atom. The van der Waals surface area contributed by atoms with Gasteiger partial charge in [-0.25, -0.2) is 0 Å². The van der Waals surface area contributed by atoms with Gasteiger partial charge < -0.3 is 5.32 Å². The van der Waals surface area contributed by atoms with Crippen molar-refractivity contribution in [1.29, 1.82) is 0 Å². The monoisotopic (exact) mass is 280 g/mol. The van der Waals surface area contributed by atoms with E-state index >= 15 is 0 Å². The van der Waals surface area contributed by atoms with Crippen LogP contribution >= 0.6 is 0 Å². The van der Waals surface area contributed by atoms with Crippen LogP contribution in [0.2, 0.25) is 0 Å². The molecule has 1 heterocycles. The molecule has 0 aliphatic carbocycles. The van der Waals surface area contributed by atoms with Crippen molar-refractivity contribution in [2.24, 2.45) is 0 Å². The molecule has 0 bridgehead atoms. The van der Waals surface area contributed by atoms with Crippen molar-refractivity contribution >= 4 is 5.69 Å². The summed E-state index contributed by atoms with van der Waals surface area (Å²) < 4.78 is 38.2. The number of aryl methyl sites for hydroxylation is 1. The highest BCUT2D eigenvalue weighted by Gasteiger charge is 2.32. The van der Waals surface area contributed by atoms with Gasteiger partial charge in [-0.3, -0.25) is 4.98 Å². The lowest BCUT2D eigenvalue weighted by atomic mass is 10.0. The molecular formula is C15H15F3N2. The first kappa shape index (κ1) is 14.4. The van der Waals surface area contributed by atoms with Gasteiger partial charge in [0.15, 0.2) is 0 Å². The molecule has 0 saturated heterocycles. The van der Waals surface area contributed by atoms with Crippen LogP contribution in [0.5, 0.6) is 0 Å². The van der Waals surface area contributed by atoms with Gasteiger partial charge in [-0.05, 0) is 24.6 Å². The normalized spacial score (nSPS) is 13.0. The molecule has 0 aliphatic heterocycles. The molecule has 1 N–H and O–H groups in total. The Morgan fingerprint density at radius 3 is 2.40 bits per heavy atom. The van der Waals surface area contributed by atoms with E-state index in [1.165, 1.54) is 0 Å². The number of benzene rings is 1. The molecule has 20 heavy (non-hydrogen) atoms. The zero-order valence-electron chi connectivity index (χ0n) is 11.0. The second-order valence-electron chi connectivity index (χ2n) is 4.56. The number of pyridine rings is 1. The van der Waals surface area contributed by atoms with E-state index in [-0.39, 0.29) is 0 Å². The fraction of sp³-hybridized carbons (Fsp3) is 0.267. The average Bonchev–Trinajstić information content (AvgIpc) is 2.40. The van der Waals surface area contributed by atoms with Crippen LogP contribution in [-0.4, -0.2) is 11.2 Å². The lowest BCUT2D eigenvalue weighted by Gasteiger charge is -2.22. The minimum absolute atomic E-state index is 0.605. The highest BCUT2D eigenvalue weighted by atomic mass is 19.4. The SMILES string of the molecule is Cc1ncccc1NC(CC(F)(F)F)c1ccccc1. The molecule has 0 spiro atoms. The van der Waals surface area contributed by atoms with E-state index in [9.17, 15) is 13.2 Å². The van der Waals surface area contributed by atoms with Crippen LogP contribution in [-0.2, 0) is 0 Å². The van der Waals surface area contributed by atoms with Crippen LogP contribution < -0.4 is 5.32 Å². The van der Waals surface area contributed by atoms with Crippen LogP contribution in [0.1, 0.15) is 23.7 Å². The largest absolute Gasteiger partial charge is 0.391 e. The Labute approximate surface area is 115 Å². The molecule has 1 unspecified atom stereocenters. The Kier molecular flexibility index (Phi) is 4.27. The minimum Gasteiger partial charge on any atom is -0.376 e. The summed E-state index contributed by atoms with van der Waals surface area (Å²) in [4.78, 5) is 4.08. The van der Waals surface area contributed by atoms with E-state index in [1.54, 1.807) is 55.6 Å². The summed E-state index contributed by atoms with van der Waals surface area (Å²) in [7, 11) is 0. The molecule has 1 aromatic carbocycles. The highest BCUT2D eigenvalue weighted by molar-refractivity contribution is 5.48. The molecule has 0 fully saturated rings. The minimum atomic E-state index is -4.23. The molecule has 1 atom stereocenters. The maximum Gasteiger partial charge on any atom is 0.391 e. The third-order valence-corrected chi connectivity index (χ3v) is 2.97. The van der Waals surface area contributed by atoms with Crippen LogP contribution in [0.25, 0.3) is 0 Å². The molecule has 1 aromatic heterocycles. The lowest BCUT2D eigenvalue weighted by Crippen LogP contribution is -2.20. The maximum absolute atomic E-state index is 12.7. The van der Waals surface area contributed by atoms with Gasteiger partial charge in [0.25, 0.3) is 0 Å². The van der Waals surface area contributed by atoms with Crippen LogP contribution in [0, 0.1) is 6.92 Å². The number of nitrogens with zero attached hydrogens (tertiary/aromatic N) is 1. The molecule has 0 radical (unpaired) electrons. The Morgan fingerprint density at radius 1 is 1.10 bits per heavy atom. The molecule has 2 aromatic rings. The van der Waals surface area contributed by atoms with Gasteiger partial charge in [-0.2, -0.15) is 13.2 Å². The molecule has 2 nitrogen and oxygen atoms in total. The van der Waals surface area contributed by atoms with Crippen molar-refractivity contribution < 1.29 is 13.2 Å². The van der Waals surface area contributed by atoms with Crippen molar-refractivity contribution in [3.05, 3.63) is 59.9 Å². The standard InChI is InChI=1S/C15H15F3N2/c1-11-13(8-5-9-19-11)20-14(10-15(16,17)18)12-6-3-2-4-7-12/h2-9,14,20H,10H2,1H3. The first-order valence-corrected chi connectivity index (χ1v) is 6.25. The van der Waals surface area contributed by atoms with Crippen molar-refractivity contribution in [3.63, 3.8) is 0 Å². The van der Waals surface area contributed by atoms with Crippen molar-refractivity contribution in [2.45, 2.75) is 25.6 Å². The van der Waals surface area contributed by atoms with E-state index < -0.39 is 18.6 Å². The Bertz CT molecular complexity index is 553. The van der Waals surface area contributed by atoms with Gasteiger partial charge in [-0.1, -0.05) is 30.3 Å². The van der Waals surface area contributed by atoms with E-state index in [2.05, 4.69) is 10.3 Å². The topological polar surface area (TPSA) is 24.9 Å². The van der Waals surface area contributed by atoms with Crippen molar-refractivity contribution in [2.75, 3.05) is 5.32 Å². The van der Waals surface area contributed by atoms with E-state index in [4.69, 9.17) is 0 Å². The number of rotatable bonds is 4. The number of hydrogen-bond donors (Lipinski definition) is 1. The van der Waals surface area contributed by atoms with Crippen molar-refractivity contribution in [3.8, 4) is 0 Å². The summed E-state index contributed by atoms with van der Waals surface area (Å²) >= 11 is 0. The number of aromatic nitrogens is 1. The van der Waals surface area contributed by atoms with Crippen molar-refractivity contribution in [1.82, 2.24) is 4.98 Å². The predicted octanol–water partition coefficient (Wildman–Crippen LogP) is 4.50. The van der Waals surface area contributed by atoms with Crippen LogP contribution in [0.15, 0.2) is 48.7 Å². The molecule has 0 amide bonds. The number of alkyl halides is 3. The quantitative estimate of drug-likeness (QED) is 0.892. The Hall–Kier alpha value is -2.04. The lowest BCUT2D eigenvalue weighted by molar-refractivity contribution is -0.137. The third kappa shape index (κ3) is 3.98. The fourth-order valence-corrected chi connectivity index (χ4v) is 1.99. The van der Waals surface area contributed by atoms with E-state index in [1.807, 2.05) is 0 Å². The van der Waals surface area contributed by atoms with Gasteiger partial charge >= 0.3 is 6.18 Å². The summed E-state index contributed by atoms with van der Waals surface area (Å²) in [5, 5.41) is 2.94. The maximum atomic E-state index is 12.7. The third-order valence-electron chi connectivity index (χ3n) is 2.97. The summed E-state index contributed by atoms with van der Waals surface area (Å²) in [6.07, 6.45) is -3.54. The second-order valence-corrected chi connectivity index (χ2v) is 4.56. The molecule has 106 valence electrons. The number of hydrogen-bond acceptors (Lipinski definition) is 2. The van der Waals surface area contributed by atoms with Gasteiger partial charge in [-0.15, -0.1) is 0 Å². The molecule has 0 aliphatic rings. The van der Waals surface area contributed by atoms with Gasteiger partial charge in [0.05, 0.1) is 23.8 Å². The number of halogens is 3. The van der Waals surface area contributed by atoms with Crippen LogP contribution in [0.3, 0.4) is 0 Å². The number of nitrogens with one attached hydrogen (secondary N) is 1. The first-order chi connectivity index (χ1) is 9.46. The molecule has 0 saturated carbocycles. The number of anilines is 1. The predicted molar refractivity (Wildman–Crippen MR) is 72.5 cm³/mol. The van der Waals surface area contributed by atoms with Gasteiger partial charge in [0.2, 0.25) is 0 Å². The zero-order chi connectivity index (χ0) is 14.6. The van der Waals surface area contributed by atoms with Gasteiger partial charge in [0.1, 0.15) is 0 Å². The summed E-state index contributed by atoms with van der Waals surface area (Å²) in [6, 6.07) is 11.2. The molecule has 5 heteroatoms. The van der Waals surface area contributed by atoms with Crippen LogP contribution in [0.4, 0.5) is 18.9 Å². The highest BCUT2D eigenvalue weighted by Crippen LogP contribution is 2.32. The average molecular weight is 280 g/mol. The molecule has 2 rings (SSSR count). The Balaban J connectivity index is 2.26. The summed E-state index contributed by atoms with van der Waals surface area (Å²) in [5.41, 5.74) is 1.90. The summed E-state index contributed by atoms with van der Waals surface area (Å²) in [6.45, 7) is 1.76. The zero-order valence-corrected chi connectivity index (χ0v) is 11.0. The fourth-order valence-electron chi connectivity index (χ4n) is 1.99.